The molecule has 0 spiro atoms. The Balaban J connectivity index is 1.25. The van der Waals surface area contributed by atoms with Crippen LogP contribution < -0.4 is 16.0 Å². The number of amides is 1. The number of rotatable bonds is 7. The average Bonchev–Trinajstić information content (AvgIpc) is 3.22. The van der Waals surface area contributed by atoms with Crippen molar-refractivity contribution >= 4 is 23.4 Å². The third-order valence-corrected chi connectivity index (χ3v) is 6.99. The number of hydrogen-bond donors (Lipinski definition) is 3. The number of pyridine rings is 1. The quantitative estimate of drug-likeness (QED) is 0.480. The maximum atomic E-state index is 14.7. The fraction of sp³-hybridized carbons (Fsp3) is 0.440. The molecule has 35 heavy (non-hydrogen) atoms. The Morgan fingerprint density at radius 3 is 2.74 bits per heavy atom. The molecular weight excluding hydrogens is 447 g/mol. The predicted molar refractivity (Wildman–Crippen MR) is 133 cm³/mol. The van der Waals surface area contributed by atoms with Gasteiger partial charge in [0.15, 0.2) is 5.82 Å². The van der Waals surface area contributed by atoms with Gasteiger partial charge in [-0.25, -0.2) is 19.3 Å². The van der Waals surface area contributed by atoms with Crippen LogP contribution in [0.1, 0.15) is 35.8 Å². The van der Waals surface area contributed by atoms with E-state index in [0.717, 1.165) is 30.7 Å². The van der Waals surface area contributed by atoms with Gasteiger partial charge in [0.1, 0.15) is 11.5 Å². The minimum Gasteiger partial charge on any atom is -0.384 e. The van der Waals surface area contributed by atoms with E-state index in [4.69, 9.17) is 0 Å². The van der Waals surface area contributed by atoms with Gasteiger partial charge in [-0.2, -0.15) is 0 Å². The van der Waals surface area contributed by atoms with Crippen molar-refractivity contribution in [3.05, 3.63) is 47.7 Å². The molecular formula is C25H31FN8O. The number of hydrogen-bond acceptors (Lipinski definition) is 7. The van der Waals surface area contributed by atoms with Crippen molar-refractivity contribution in [2.45, 2.75) is 26.2 Å². The van der Waals surface area contributed by atoms with Crippen molar-refractivity contribution in [3.63, 3.8) is 0 Å². The fourth-order valence-electron chi connectivity index (χ4n) is 4.82. The van der Waals surface area contributed by atoms with Gasteiger partial charge in [-0.05, 0) is 56.6 Å². The van der Waals surface area contributed by atoms with Gasteiger partial charge in [-0.1, -0.05) is 6.92 Å². The lowest BCUT2D eigenvalue weighted by Crippen LogP contribution is -2.35. The summed E-state index contributed by atoms with van der Waals surface area (Å²) in [6.45, 7) is 7.18. The summed E-state index contributed by atoms with van der Waals surface area (Å²) < 4.78 is 16.5. The SMILES string of the molecule is CCN1CCC(CNc2ccc(Nc3ncc(F)c(-c4cc5c(n4C)CCNC5=O)n3)nc2)CC1. The molecule has 3 N–H and O–H groups in total. The fourth-order valence-corrected chi connectivity index (χ4v) is 4.82. The highest BCUT2D eigenvalue weighted by molar-refractivity contribution is 5.97. The van der Waals surface area contributed by atoms with Crippen LogP contribution in [0.4, 0.5) is 21.8 Å². The molecule has 1 saturated heterocycles. The first-order valence-corrected chi connectivity index (χ1v) is 12.2. The second-order valence-corrected chi connectivity index (χ2v) is 9.16. The van der Waals surface area contributed by atoms with Crippen LogP contribution in [0.15, 0.2) is 30.6 Å². The Hall–Kier alpha value is -3.53. The van der Waals surface area contributed by atoms with Crippen molar-refractivity contribution in [1.29, 1.82) is 0 Å². The van der Waals surface area contributed by atoms with Crippen LogP contribution in [0.25, 0.3) is 11.4 Å². The van der Waals surface area contributed by atoms with Gasteiger partial charge in [0, 0.05) is 32.3 Å². The Bertz CT molecular complexity index is 1200. The monoisotopic (exact) mass is 478 g/mol. The van der Waals surface area contributed by atoms with Crippen molar-refractivity contribution in [1.82, 2.24) is 29.7 Å². The zero-order chi connectivity index (χ0) is 24.4. The van der Waals surface area contributed by atoms with E-state index in [9.17, 15) is 9.18 Å². The van der Waals surface area contributed by atoms with Crippen molar-refractivity contribution in [2.75, 3.05) is 43.4 Å². The maximum Gasteiger partial charge on any atom is 0.253 e. The molecule has 0 radical (unpaired) electrons. The van der Waals surface area contributed by atoms with Crippen LogP contribution in [0.2, 0.25) is 0 Å². The topological polar surface area (TPSA) is 100 Å². The standard InChI is InChI=1S/C25H31FN8O/c1-3-34-10-7-16(8-11-34)13-28-17-4-5-22(29-14-17)31-25-30-15-19(26)23(32-25)21-12-18-20(33(21)2)6-9-27-24(18)35/h4-5,12,14-16,28H,3,6-11,13H2,1-2H3,(H,27,35)(H,29,30,31,32). The second-order valence-electron chi connectivity index (χ2n) is 9.16. The summed E-state index contributed by atoms with van der Waals surface area (Å²) >= 11 is 0. The molecule has 5 heterocycles. The minimum atomic E-state index is -0.550. The summed E-state index contributed by atoms with van der Waals surface area (Å²) in [7, 11) is 1.82. The molecule has 3 aromatic rings. The van der Waals surface area contributed by atoms with Gasteiger partial charge >= 0.3 is 0 Å². The van der Waals surface area contributed by atoms with Gasteiger partial charge in [-0.3, -0.25) is 4.79 Å². The number of halogens is 1. The van der Waals surface area contributed by atoms with E-state index in [2.05, 4.69) is 42.7 Å². The van der Waals surface area contributed by atoms with Crippen LogP contribution in [0.5, 0.6) is 0 Å². The van der Waals surface area contributed by atoms with Crippen molar-refractivity contribution < 1.29 is 9.18 Å². The van der Waals surface area contributed by atoms with E-state index in [1.807, 2.05) is 23.7 Å². The number of anilines is 3. The van der Waals surface area contributed by atoms with Crippen LogP contribution in [-0.2, 0) is 13.5 Å². The molecule has 3 aromatic heterocycles. The lowest BCUT2D eigenvalue weighted by atomic mass is 9.97. The van der Waals surface area contributed by atoms with Gasteiger partial charge < -0.3 is 25.4 Å². The summed E-state index contributed by atoms with van der Waals surface area (Å²) in [5.41, 5.74) is 3.06. The number of aromatic nitrogens is 4. The molecule has 1 fully saturated rings. The van der Waals surface area contributed by atoms with E-state index in [1.165, 1.54) is 25.9 Å². The van der Waals surface area contributed by atoms with Crippen molar-refractivity contribution in [3.8, 4) is 11.4 Å². The molecule has 0 aromatic carbocycles. The summed E-state index contributed by atoms with van der Waals surface area (Å²) in [5, 5.41) is 9.36. The Labute approximate surface area is 204 Å². The summed E-state index contributed by atoms with van der Waals surface area (Å²) in [4.78, 5) is 27.6. The van der Waals surface area contributed by atoms with E-state index >= 15 is 0 Å². The lowest BCUT2D eigenvalue weighted by Gasteiger charge is -2.31. The number of likely N-dealkylation sites (tertiary alicyclic amines) is 1. The smallest absolute Gasteiger partial charge is 0.253 e. The lowest BCUT2D eigenvalue weighted by molar-refractivity contribution is 0.0945. The highest BCUT2D eigenvalue weighted by Gasteiger charge is 2.25. The molecule has 5 rings (SSSR count). The van der Waals surface area contributed by atoms with E-state index in [0.29, 0.717) is 36.0 Å². The number of piperidine rings is 1. The molecule has 0 unspecified atom stereocenters. The molecule has 10 heteroatoms. The van der Waals surface area contributed by atoms with E-state index < -0.39 is 5.82 Å². The molecule has 0 bridgehead atoms. The summed E-state index contributed by atoms with van der Waals surface area (Å²) in [6.07, 6.45) is 6.03. The Morgan fingerprint density at radius 1 is 1.20 bits per heavy atom. The molecule has 2 aliphatic heterocycles. The van der Waals surface area contributed by atoms with Crippen LogP contribution in [-0.4, -0.2) is 63.0 Å². The Morgan fingerprint density at radius 2 is 2.03 bits per heavy atom. The van der Waals surface area contributed by atoms with Gasteiger partial charge in [0.2, 0.25) is 5.95 Å². The molecule has 1 amide bonds. The third kappa shape index (κ3) is 4.97. The van der Waals surface area contributed by atoms with Gasteiger partial charge in [-0.15, -0.1) is 0 Å². The number of fused-ring (bicyclic) bond motifs is 1. The van der Waals surface area contributed by atoms with Crippen LogP contribution in [0, 0.1) is 11.7 Å². The van der Waals surface area contributed by atoms with Gasteiger partial charge in [0.05, 0.1) is 29.3 Å². The molecule has 0 saturated carbocycles. The zero-order valence-electron chi connectivity index (χ0n) is 20.1. The third-order valence-electron chi connectivity index (χ3n) is 6.99. The summed E-state index contributed by atoms with van der Waals surface area (Å²) in [6, 6.07) is 5.49. The maximum absolute atomic E-state index is 14.7. The van der Waals surface area contributed by atoms with Crippen LogP contribution >= 0.6 is 0 Å². The highest BCUT2D eigenvalue weighted by atomic mass is 19.1. The first-order valence-electron chi connectivity index (χ1n) is 12.2. The first-order chi connectivity index (χ1) is 17.0. The number of carbonyl (C=O) groups excluding carboxylic acids is 1. The molecule has 9 nitrogen and oxygen atoms in total. The summed E-state index contributed by atoms with van der Waals surface area (Å²) in [5.74, 6) is 0.781. The normalized spacial score (nSPS) is 16.6. The Kier molecular flexibility index (Phi) is 6.63. The highest BCUT2D eigenvalue weighted by Crippen LogP contribution is 2.28. The average molecular weight is 479 g/mol. The number of carbonyl (C=O) groups is 1. The van der Waals surface area contributed by atoms with Crippen LogP contribution in [0.3, 0.4) is 0 Å². The molecule has 0 aliphatic carbocycles. The van der Waals surface area contributed by atoms with Crippen molar-refractivity contribution in [2.24, 2.45) is 13.0 Å². The van der Waals surface area contributed by atoms with E-state index in [1.54, 1.807) is 12.3 Å². The van der Waals surface area contributed by atoms with Gasteiger partial charge in [0.25, 0.3) is 5.91 Å². The number of nitrogens with zero attached hydrogens (tertiary/aromatic N) is 5. The molecule has 2 aliphatic rings. The largest absolute Gasteiger partial charge is 0.384 e. The predicted octanol–water partition coefficient (Wildman–Crippen LogP) is 3.19. The molecule has 184 valence electrons. The minimum absolute atomic E-state index is 0.139. The second kappa shape index (κ2) is 9.99. The first kappa shape index (κ1) is 23.2. The van der Waals surface area contributed by atoms with E-state index in [-0.39, 0.29) is 17.5 Å². The zero-order valence-corrected chi connectivity index (χ0v) is 20.1. The molecule has 0 atom stereocenters. The number of nitrogens with one attached hydrogen (secondary N) is 3.